The summed E-state index contributed by atoms with van der Waals surface area (Å²) in [6.45, 7) is 1.39. The Balaban J connectivity index is 2.08. The van der Waals surface area contributed by atoms with E-state index in [-0.39, 0.29) is 22.5 Å². The molecule has 0 aliphatic heterocycles. The number of amides is 1. The van der Waals surface area contributed by atoms with Crippen molar-refractivity contribution >= 4 is 44.9 Å². The maximum Gasteiger partial charge on any atom is 0.270 e. The summed E-state index contributed by atoms with van der Waals surface area (Å²) in [5.74, 6) is -0.290. The van der Waals surface area contributed by atoms with Crippen molar-refractivity contribution in [3.8, 4) is 11.3 Å². The van der Waals surface area contributed by atoms with Gasteiger partial charge in [-0.25, -0.2) is 4.98 Å². The minimum atomic E-state index is -0.475. The molecule has 1 aromatic heterocycles. The van der Waals surface area contributed by atoms with E-state index in [0.717, 1.165) is 11.8 Å². The number of non-ortho nitro benzene ring substituents is 1. The van der Waals surface area contributed by atoms with Gasteiger partial charge in [0, 0.05) is 30.0 Å². The first-order valence-electron chi connectivity index (χ1n) is 6.09. The number of thioether (sulfide) groups is 1. The molecule has 0 saturated carbocycles. The molecule has 7 nitrogen and oxygen atoms in total. The summed E-state index contributed by atoms with van der Waals surface area (Å²) in [5, 5.41) is 15.3. The topological polar surface area (TPSA) is 102 Å². The van der Waals surface area contributed by atoms with Crippen LogP contribution < -0.4 is 5.32 Å². The average molecular weight is 337 g/mol. The molecule has 0 atom stereocenters. The summed E-state index contributed by atoms with van der Waals surface area (Å²) in [6, 6.07) is 6.11. The fourth-order valence-corrected chi connectivity index (χ4v) is 2.71. The second-order valence-electron chi connectivity index (χ2n) is 4.17. The van der Waals surface area contributed by atoms with Gasteiger partial charge in [0.15, 0.2) is 10.2 Å². The number of carbonyl (C=O) groups is 2. The Hall–Kier alpha value is -2.26. The number of aromatic nitrogens is 1. The Bertz CT molecular complexity index is 730. The van der Waals surface area contributed by atoms with E-state index in [4.69, 9.17) is 0 Å². The van der Waals surface area contributed by atoms with Crippen LogP contribution in [-0.2, 0) is 9.59 Å². The standard InChI is InChI=1S/C13H11N3O4S2/c1-8(17)21-7-12(18)15-13-14-11(6-22-13)9-3-2-4-10(5-9)16(19)20/h2-6H,7H2,1H3,(H,14,15,18). The monoisotopic (exact) mass is 337 g/mol. The van der Waals surface area contributed by atoms with Gasteiger partial charge in [0.25, 0.3) is 5.69 Å². The predicted octanol–water partition coefficient (Wildman–Crippen LogP) is 2.94. The maximum atomic E-state index is 11.6. The number of rotatable bonds is 5. The minimum Gasteiger partial charge on any atom is -0.301 e. The number of nitro groups is 1. The van der Waals surface area contributed by atoms with Gasteiger partial charge in [-0.05, 0) is 0 Å². The van der Waals surface area contributed by atoms with Gasteiger partial charge >= 0.3 is 0 Å². The zero-order valence-electron chi connectivity index (χ0n) is 11.4. The molecule has 1 heterocycles. The number of benzene rings is 1. The van der Waals surface area contributed by atoms with Crippen molar-refractivity contribution in [2.24, 2.45) is 0 Å². The molecular weight excluding hydrogens is 326 g/mol. The second kappa shape index (κ2) is 7.14. The van der Waals surface area contributed by atoms with Gasteiger partial charge in [-0.2, -0.15) is 0 Å². The lowest BCUT2D eigenvalue weighted by atomic mass is 10.1. The van der Waals surface area contributed by atoms with Crippen LogP contribution in [0.2, 0.25) is 0 Å². The molecule has 0 saturated heterocycles. The Kier molecular flexibility index (Phi) is 5.23. The first-order chi connectivity index (χ1) is 10.5. The fraction of sp³-hybridized carbons (Fsp3) is 0.154. The van der Waals surface area contributed by atoms with E-state index in [0.29, 0.717) is 16.4 Å². The number of nitrogens with zero attached hydrogens (tertiary/aromatic N) is 2. The van der Waals surface area contributed by atoms with Crippen LogP contribution in [0.5, 0.6) is 0 Å². The summed E-state index contributed by atoms with van der Waals surface area (Å²) in [5.41, 5.74) is 1.13. The third kappa shape index (κ3) is 4.37. The van der Waals surface area contributed by atoms with Crippen molar-refractivity contribution in [3.63, 3.8) is 0 Å². The first-order valence-corrected chi connectivity index (χ1v) is 7.96. The largest absolute Gasteiger partial charge is 0.301 e. The molecule has 1 amide bonds. The van der Waals surface area contributed by atoms with Gasteiger partial charge in [-0.1, -0.05) is 23.9 Å². The van der Waals surface area contributed by atoms with Crippen molar-refractivity contribution in [1.82, 2.24) is 4.98 Å². The quantitative estimate of drug-likeness (QED) is 0.665. The van der Waals surface area contributed by atoms with E-state index >= 15 is 0 Å². The van der Waals surface area contributed by atoms with Crippen LogP contribution >= 0.6 is 23.1 Å². The molecule has 1 aromatic carbocycles. The summed E-state index contributed by atoms with van der Waals surface area (Å²) < 4.78 is 0. The smallest absolute Gasteiger partial charge is 0.270 e. The summed E-state index contributed by atoms with van der Waals surface area (Å²) in [7, 11) is 0. The minimum absolute atomic E-state index is 0.0195. The van der Waals surface area contributed by atoms with Crippen LogP contribution in [0.3, 0.4) is 0 Å². The maximum absolute atomic E-state index is 11.6. The summed E-state index contributed by atoms with van der Waals surface area (Å²) in [4.78, 5) is 36.9. The van der Waals surface area contributed by atoms with Crippen LogP contribution in [0.15, 0.2) is 29.6 Å². The third-order valence-electron chi connectivity index (χ3n) is 2.51. The number of nitro benzene ring substituents is 1. The van der Waals surface area contributed by atoms with Crippen molar-refractivity contribution in [2.45, 2.75) is 6.92 Å². The Labute approximate surface area is 133 Å². The molecule has 0 bridgehead atoms. The third-order valence-corrected chi connectivity index (χ3v) is 4.08. The Morgan fingerprint density at radius 2 is 2.23 bits per heavy atom. The van der Waals surface area contributed by atoms with Gasteiger partial charge in [0.1, 0.15) is 0 Å². The van der Waals surface area contributed by atoms with Crippen molar-refractivity contribution < 1.29 is 14.5 Å². The van der Waals surface area contributed by atoms with E-state index < -0.39 is 4.92 Å². The normalized spacial score (nSPS) is 10.2. The van der Waals surface area contributed by atoms with Crippen LogP contribution in [0.1, 0.15) is 6.92 Å². The number of anilines is 1. The molecule has 114 valence electrons. The second-order valence-corrected chi connectivity index (χ2v) is 6.18. The molecule has 1 N–H and O–H groups in total. The number of nitrogens with one attached hydrogen (secondary N) is 1. The number of hydrogen-bond acceptors (Lipinski definition) is 7. The van der Waals surface area contributed by atoms with Crippen molar-refractivity contribution in [2.75, 3.05) is 11.1 Å². The summed E-state index contributed by atoms with van der Waals surface area (Å²) in [6.07, 6.45) is 0. The molecular formula is C13H11N3O4S2. The highest BCUT2D eigenvalue weighted by atomic mass is 32.2. The van der Waals surface area contributed by atoms with Crippen LogP contribution in [0.25, 0.3) is 11.3 Å². The van der Waals surface area contributed by atoms with Gasteiger partial charge < -0.3 is 5.32 Å². The first kappa shape index (κ1) is 16.1. The van der Waals surface area contributed by atoms with E-state index in [2.05, 4.69) is 10.3 Å². The van der Waals surface area contributed by atoms with E-state index in [9.17, 15) is 19.7 Å². The zero-order valence-corrected chi connectivity index (χ0v) is 13.1. The highest BCUT2D eigenvalue weighted by molar-refractivity contribution is 8.14. The van der Waals surface area contributed by atoms with E-state index in [1.54, 1.807) is 17.5 Å². The van der Waals surface area contributed by atoms with Crippen LogP contribution in [0, 0.1) is 10.1 Å². The average Bonchev–Trinajstić information content (AvgIpc) is 2.93. The lowest BCUT2D eigenvalue weighted by molar-refractivity contribution is -0.384. The molecule has 0 radical (unpaired) electrons. The van der Waals surface area contributed by atoms with E-state index in [1.807, 2.05) is 0 Å². The summed E-state index contributed by atoms with van der Waals surface area (Å²) >= 11 is 2.13. The van der Waals surface area contributed by atoms with Gasteiger partial charge in [-0.3, -0.25) is 19.7 Å². The predicted molar refractivity (Wildman–Crippen MR) is 86.0 cm³/mol. The van der Waals surface area contributed by atoms with Crippen molar-refractivity contribution in [1.29, 1.82) is 0 Å². The molecule has 0 spiro atoms. The molecule has 2 aromatic rings. The van der Waals surface area contributed by atoms with Crippen molar-refractivity contribution in [3.05, 3.63) is 39.8 Å². The highest BCUT2D eigenvalue weighted by Crippen LogP contribution is 2.27. The molecule has 22 heavy (non-hydrogen) atoms. The Morgan fingerprint density at radius 1 is 1.45 bits per heavy atom. The zero-order chi connectivity index (χ0) is 16.1. The number of carbonyl (C=O) groups excluding carboxylic acids is 2. The number of hydrogen-bond donors (Lipinski definition) is 1. The highest BCUT2D eigenvalue weighted by Gasteiger charge is 2.11. The molecule has 9 heteroatoms. The molecule has 2 rings (SSSR count). The Morgan fingerprint density at radius 3 is 2.91 bits per heavy atom. The van der Waals surface area contributed by atoms with Gasteiger partial charge in [0.05, 0.1) is 16.4 Å². The lowest BCUT2D eigenvalue weighted by Gasteiger charge is -1.99. The van der Waals surface area contributed by atoms with Crippen LogP contribution in [-0.4, -0.2) is 26.7 Å². The molecule has 0 aliphatic rings. The van der Waals surface area contributed by atoms with Crippen LogP contribution in [0.4, 0.5) is 10.8 Å². The van der Waals surface area contributed by atoms with E-state index in [1.165, 1.54) is 30.4 Å². The fourth-order valence-electron chi connectivity index (χ4n) is 1.57. The lowest BCUT2D eigenvalue weighted by Crippen LogP contribution is -2.14. The molecule has 0 fully saturated rings. The molecule has 0 unspecified atom stereocenters. The molecule has 0 aliphatic carbocycles. The van der Waals surface area contributed by atoms with Gasteiger partial charge in [-0.15, -0.1) is 11.3 Å². The SMILES string of the molecule is CC(=O)SCC(=O)Nc1nc(-c2cccc([N+](=O)[O-])c2)cs1. The van der Waals surface area contributed by atoms with Gasteiger partial charge in [0.2, 0.25) is 5.91 Å². The number of thiazole rings is 1.